The Morgan fingerprint density at radius 2 is 1.59 bits per heavy atom. The molecule has 0 saturated carbocycles. The monoisotopic (exact) mass is 457 g/mol. The Morgan fingerprint density at radius 3 is 2.29 bits per heavy atom. The van der Waals surface area contributed by atoms with E-state index in [1.165, 1.54) is 16.9 Å². The van der Waals surface area contributed by atoms with Crippen LogP contribution in [-0.4, -0.2) is 50.2 Å². The van der Waals surface area contributed by atoms with Crippen LogP contribution in [0.5, 0.6) is 0 Å². The Bertz CT molecular complexity index is 1290. The van der Waals surface area contributed by atoms with Crippen LogP contribution in [-0.2, 0) is 0 Å². The maximum absolute atomic E-state index is 14.5. The van der Waals surface area contributed by atoms with Gasteiger partial charge in [-0.25, -0.2) is 9.07 Å². The van der Waals surface area contributed by atoms with Gasteiger partial charge in [-0.15, -0.1) is 0 Å². The van der Waals surface area contributed by atoms with Crippen LogP contribution in [0, 0.1) is 5.82 Å². The molecule has 0 unspecified atom stereocenters. The van der Waals surface area contributed by atoms with E-state index in [0.29, 0.717) is 42.9 Å². The van der Waals surface area contributed by atoms with Crippen LogP contribution in [0.3, 0.4) is 0 Å². The lowest BCUT2D eigenvalue weighted by Crippen LogP contribution is -2.46. The largest absolute Gasteiger partial charge is 0.349 e. The summed E-state index contributed by atoms with van der Waals surface area (Å²) < 4.78 is 17.7. The minimum absolute atomic E-state index is 0.00168. The summed E-state index contributed by atoms with van der Waals surface area (Å²) in [7, 11) is 0. The van der Waals surface area contributed by atoms with E-state index in [9.17, 15) is 14.0 Å². The maximum atomic E-state index is 14.5. The normalized spacial score (nSPS) is 14.2. The van der Waals surface area contributed by atoms with Gasteiger partial charge in [-0.2, -0.15) is 5.10 Å². The first-order chi connectivity index (χ1) is 16.6. The molecule has 8 heteroatoms. The fourth-order valence-corrected chi connectivity index (χ4v) is 4.27. The topological polar surface area (TPSA) is 72.2 Å². The fourth-order valence-electron chi connectivity index (χ4n) is 4.27. The minimum Gasteiger partial charge on any atom is -0.349 e. The Labute approximate surface area is 196 Å². The molecule has 3 heterocycles. The van der Waals surface area contributed by atoms with Crippen molar-refractivity contribution in [1.82, 2.24) is 24.6 Å². The fraction of sp³-hybridized carbons (Fsp3) is 0.192. The third-order valence-electron chi connectivity index (χ3n) is 6.06. The average Bonchev–Trinajstić information content (AvgIpc) is 3.55. The molecular formula is C26H24FN5O2. The number of nitrogens with zero attached hydrogens (tertiary/aromatic N) is 4. The molecule has 34 heavy (non-hydrogen) atoms. The van der Waals surface area contributed by atoms with Crippen LogP contribution >= 0.6 is 0 Å². The number of halogens is 1. The molecule has 1 fully saturated rings. The molecule has 172 valence electrons. The molecule has 2 amide bonds. The molecule has 1 aliphatic heterocycles. The first kappa shape index (κ1) is 21.6. The van der Waals surface area contributed by atoms with E-state index < -0.39 is 5.82 Å². The highest BCUT2D eigenvalue weighted by Crippen LogP contribution is 2.24. The number of piperidine rings is 1. The predicted octanol–water partition coefficient (Wildman–Crippen LogP) is 3.84. The zero-order valence-corrected chi connectivity index (χ0v) is 18.5. The lowest BCUT2D eigenvalue weighted by molar-refractivity contribution is 0.0698. The molecule has 5 rings (SSSR count). The lowest BCUT2D eigenvalue weighted by Gasteiger charge is -2.32. The highest BCUT2D eigenvalue weighted by Gasteiger charge is 2.29. The number of hydrogen-bond acceptors (Lipinski definition) is 3. The summed E-state index contributed by atoms with van der Waals surface area (Å²) in [5.41, 5.74) is 1.29. The Hall–Kier alpha value is -4.20. The van der Waals surface area contributed by atoms with Crippen molar-refractivity contribution < 1.29 is 14.0 Å². The van der Waals surface area contributed by atoms with E-state index >= 15 is 0 Å². The second-order valence-corrected chi connectivity index (χ2v) is 8.24. The molecule has 0 spiro atoms. The van der Waals surface area contributed by atoms with E-state index in [4.69, 9.17) is 0 Å². The maximum Gasteiger partial charge on any atom is 0.259 e. The van der Waals surface area contributed by atoms with E-state index in [0.717, 1.165) is 0 Å². The number of nitrogens with one attached hydrogen (secondary N) is 1. The van der Waals surface area contributed by atoms with Gasteiger partial charge in [-0.1, -0.05) is 30.3 Å². The number of aromatic nitrogens is 3. The molecule has 0 atom stereocenters. The van der Waals surface area contributed by atoms with Gasteiger partial charge < -0.3 is 14.8 Å². The van der Waals surface area contributed by atoms with E-state index in [1.54, 1.807) is 52.2 Å². The zero-order chi connectivity index (χ0) is 23.5. The van der Waals surface area contributed by atoms with Crippen molar-refractivity contribution >= 4 is 11.8 Å². The number of carbonyl (C=O) groups is 2. The molecule has 1 N–H and O–H groups in total. The average molecular weight is 458 g/mol. The summed E-state index contributed by atoms with van der Waals surface area (Å²) in [6.45, 7) is 1.02. The molecule has 2 aromatic carbocycles. The second kappa shape index (κ2) is 9.35. The first-order valence-electron chi connectivity index (χ1n) is 11.2. The number of likely N-dealkylation sites (tertiary alicyclic amines) is 1. The molecule has 1 aliphatic rings. The summed E-state index contributed by atoms with van der Waals surface area (Å²) in [5, 5.41) is 7.42. The van der Waals surface area contributed by atoms with Crippen molar-refractivity contribution in [1.29, 1.82) is 0 Å². The summed E-state index contributed by atoms with van der Waals surface area (Å²) in [6.07, 6.45) is 6.41. The molecule has 0 radical (unpaired) electrons. The van der Waals surface area contributed by atoms with Crippen molar-refractivity contribution in [2.75, 3.05) is 13.1 Å². The van der Waals surface area contributed by atoms with Gasteiger partial charge in [0.05, 0.1) is 6.20 Å². The smallest absolute Gasteiger partial charge is 0.259 e. The van der Waals surface area contributed by atoms with Crippen molar-refractivity contribution in [2.45, 2.75) is 18.9 Å². The summed E-state index contributed by atoms with van der Waals surface area (Å²) in [6, 6.07) is 19.1. The third kappa shape index (κ3) is 4.22. The number of benzene rings is 2. The third-order valence-corrected chi connectivity index (χ3v) is 6.06. The second-order valence-electron chi connectivity index (χ2n) is 8.24. The van der Waals surface area contributed by atoms with Crippen LogP contribution in [0.25, 0.3) is 11.5 Å². The number of para-hydroxylation sites is 1. The molecular weight excluding hydrogens is 433 g/mol. The van der Waals surface area contributed by atoms with Crippen molar-refractivity contribution in [2.24, 2.45) is 0 Å². The van der Waals surface area contributed by atoms with Crippen molar-refractivity contribution in [3.63, 3.8) is 0 Å². The van der Waals surface area contributed by atoms with Gasteiger partial charge >= 0.3 is 0 Å². The number of carbonyl (C=O) groups excluding carboxylic acids is 2. The zero-order valence-electron chi connectivity index (χ0n) is 18.5. The summed E-state index contributed by atoms with van der Waals surface area (Å²) in [4.78, 5) is 27.7. The number of hydrogen-bond donors (Lipinski definition) is 1. The predicted molar refractivity (Wildman–Crippen MR) is 126 cm³/mol. The Kier molecular flexibility index (Phi) is 5.95. The van der Waals surface area contributed by atoms with Gasteiger partial charge in [0, 0.05) is 37.1 Å². The van der Waals surface area contributed by atoms with Crippen molar-refractivity contribution in [3.8, 4) is 11.5 Å². The van der Waals surface area contributed by atoms with Crippen LogP contribution in [0.2, 0.25) is 0 Å². The van der Waals surface area contributed by atoms with E-state index in [-0.39, 0.29) is 23.5 Å². The Morgan fingerprint density at radius 1 is 0.912 bits per heavy atom. The SMILES string of the molecule is O=C(NC1CCN(C(=O)c2cnn(-c3ccccc3F)c2-n2cccc2)CC1)c1ccccc1. The lowest BCUT2D eigenvalue weighted by atomic mass is 10.0. The highest BCUT2D eigenvalue weighted by molar-refractivity contribution is 5.97. The van der Waals surface area contributed by atoms with E-state index in [2.05, 4.69) is 10.4 Å². The van der Waals surface area contributed by atoms with Crippen LogP contribution in [0.15, 0.2) is 85.3 Å². The molecule has 7 nitrogen and oxygen atoms in total. The molecule has 1 saturated heterocycles. The molecule has 0 aliphatic carbocycles. The van der Waals surface area contributed by atoms with Gasteiger partial charge in [0.2, 0.25) is 0 Å². The van der Waals surface area contributed by atoms with Gasteiger partial charge in [-0.05, 0) is 49.2 Å². The molecule has 2 aromatic heterocycles. The van der Waals surface area contributed by atoms with Crippen LogP contribution < -0.4 is 5.32 Å². The number of rotatable bonds is 5. The highest BCUT2D eigenvalue weighted by atomic mass is 19.1. The Balaban J connectivity index is 1.34. The van der Waals surface area contributed by atoms with Crippen molar-refractivity contribution in [3.05, 3.63) is 102 Å². The van der Waals surface area contributed by atoms with Gasteiger partial charge in [0.25, 0.3) is 11.8 Å². The van der Waals surface area contributed by atoms with E-state index in [1.807, 2.05) is 30.3 Å². The molecule has 0 bridgehead atoms. The summed E-state index contributed by atoms with van der Waals surface area (Å²) in [5.74, 6) is -0.210. The first-order valence-corrected chi connectivity index (χ1v) is 11.2. The number of amides is 2. The quantitative estimate of drug-likeness (QED) is 0.495. The van der Waals surface area contributed by atoms with Gasteiger partial charge in [-0.3, -0.25) is 9.59 Å². The summed E-state index contributed by atoms with van der Waals surface area (Å²) >= 11 is 0. The standard InChI is InChI=1S/C26H24FN5O2/c27-22-10-4-5-11-23(22)32-25(30-14-6-7-15-30)21(18-28-32)26(34)31-16-12-20(13-17-31)29-24(33)19-8-2-1-3-9-19/h1-11,14-15,18,20H,12-13,16-17H2,(H,29,33). The molecule has 4 aromatic rings. The van der Waals surface area contributed by atoms with Gasteiger partial charge in [0.1, 0.15) is 17.1 Å². The van der Waals surface area contributed by atoms with Crippen LogP contribution in [0.1, 0.15) is 33.6 Å². The minimum atomic E-state index is -0.423. The van der Waals surface area contributed by atoms with Gasteiger partial charge in [0.15, 0.2) is 5.82 Å². The van der Waals surface area contributed by atoms with Crippen LogP contribution in [0.4, 0.5) is 4.39 Å².